The molecular weight excluding hydrogens is 1540 g/mol. The molecule has 0 amide bonds. The number of esters is 16. The Morgan fingerprint density at radius 2 is 0.447 bits per heavy atom. The molecule has 0 aliphatic carbocycles. The van der Waals surface area contributed by atoms with Gasteiger partial charge in [0.05, 0.1) is 6.10 Å². The third-order valence-electron chi connectivity index (χ3n) is 18.1. The minimum Gasteiger partial charge on any atom is -0.463 e. The highest BCUT2D eigenvalue weighted by atomic mass is 16.8. The van der Waals surface area contributed by atoms with Gasteiger partial charge in [-0.1, -0.05) is 20.8 Å². The van der Waals surface area contributed by atoms with Crippen molar-refractivity contribution in [3.8, 4) is 0 Å². The standard InChI is InChI=1S/C71H100O43/c1-26-52(95-35(10)78)45(20-89-29(4)72)108-69(56(26)98-38(13)81)113-61-50(25-94-34(9)77)110-71(67(104-44(19)87)65(61)102-42(17)85)114-60-48(23-92-32(7)75)106-63(66(103-43(18)86)64(60)101-41(16)84)54-27(2)53(96-36(11)79)59(47(105-54)22-91-31(6)74)112-70-62(100-40(15)83)51(88)57(46(109-70)21-90-30(5)73)111-68-28(3)55(97-37(12)80)58(99-39(14)82)49(107-68)24-93-33(8)76/h26-28,45-71,88H,20-25H2,1-19H3. The molecule has 1 N–H and O–H groups in total. The summed E-state index contributed by atoms with van der Waals surface area (Å²) in [7, 11) is 0. The summed E-state index contributed by atoms with van der Waals surface area (Å²) in [6.07, 6.45) is -49.1. The Hall–Kier alpha value is -8.92. The van der Waals surface area contributed by atoms with Crippen LogP contribution in [0, 0.1) is 17.8 Å². The van der Waals surface area contributed by atoms with Crippen LogP contribution in [0.3, 0.4) is 0 Å². The maximum Gasteiger partial charge on any atom is 0.303 e. The van der Waals surface area contributed by atoms with Crippen molar-refractivity contribution in [1.82, 2.24) is 0 Å². The van der Waals surface area contributed by atoms with Crippen molar-refractivity contribution < 1.29 is 205 Å². The van der Waals surface area contributed by atoms with E-state index in [4.69, 9.17) is 123 Å². The van der Waals surface area contributed by atoms with Gasteiger partial charge in [0.1, 0.15) is 131 Å². The van der Waals surface area contributed by atoms with Gasteiger partial charge in [-0.25, -0.2) is 0 Å². The van der Waals surface area contributed by atoms with Gasteiger partial charge < -0.3 is 128 Å². The number of carbonyl (C=O) groups excluding carboxylic acids is 16. The first-order valence-corrected chi connectivity index (χ1v) is 36.1. The molecule has 0 aromatic carbocycles. The molecule has 6 aliphatic heterocycles. The maximum absolute atomic E-state index is 13.7. The highest BCUT2D eigenvalue weighted by Gasteiger charge is 2.64. The third-order valence-corrected chi connectivity index (χ3v) is 18.1. The van der Waals surface area contributed by atoms with Crippen LogP contribution in [-0.4, -0.2) is 306 Å². The maximum atomic E-state index is 13.7. The second-order valence-electron chi connectivity index (χ2n) is 27.5. The Morgan fingerprint density at radius 3 is 0.833 bits per heavy atom. The molecule has 30 atom stereocenters. The summed E-state index contributed by atoms with van der Waals surface area (Å²) < 4.78 is 156. The van der Waals surface area contributed by atoms with Crippen LogP contribution in [-0.2, 0) is 200 Å². The molecule has 0 saturated carbocycles. The first-order valence-electron chi connectivity index (χ1n) is 36.1. The van der Waals surface area contributed by atoms with Gasteiger partial charge in [-0.2, -0.15) is 0 Å². The molecule has 6 aliphatic rings. The quantitative estimate of drug-likeness (QED) is 0.0637. The predicted octanol–water partition coefficient (Wildman–Crippen LogP) is -1.07. The van der Waals surface area contributed by atoms with Crippen molar-refractivity contribution >= 4 is 95.5 Å². The highest BCUT2D eigenvalue weighted by Crippen LogP contribution is 2.44. The van der Waals surface area contributed by atoms with E-state index in [9.17, 15) is 81.8 Å². The molecule has 0 aromatic heterocycles. The van der Waals surface area contributed by atoms with Crippen LogP contribution in [0.5, 0.6) is 0 Å². The average Bonchev–Trinajstić information content (AvgIpc) is 0.747. The van der Waals surface area contributed by atoms with Crippen molar-refractivity contribution in [3.05, 3.63) is 0 Å². The fraction of sp³-hybridized carbons (Fsp3) is 0.775. The molecule has 642 valence electrons. The van der Waals surface area contributed by atoms with Crippen LogP contribution in [0.4, 0.5) is 0 Å². The van der Waals surface area contributed by atoms with Crippen molar-refractivity contribution in [3.63, 3.8) is 0 Å². The van der Waals surface area contributed by atoms with Gasteiger partial charge in [0.2, 0.25) is 0 Å². The first-order chi connectivity index (χ1) is 53.3. The second-order valence-corrected chi connectivity index (χ2v) is 27.5. The molecular formula is C71H100O43. The van der Waals surface area contributed by atoms with Gasteiger partial charge in [-0.15, -0.1) is 0 Å². The lowest BCUT2D eigenvalue weighted by atomic mass is 9.80. The Bertz CT molecular complexity index is 3430. The smallest absolute Gasteiger partial charge is 0.303 e. The molecule has 0 spiro atoms. The SMILES string of the molecule is CC(=O)OCC1OC(OC2C(COC(C)=O)OC(OC3C(COC(C)=O)OC(C4OC(COC(C)=O)C(OC5OC(COC(C)=O)C(OC6OC(COC(C)=O)C(OC(C)=O)C(OC(C)=O)C6C)C(O)C5OC(C)=O)C(OC(C)=O)C4C)C(OC(C)=O)C3OC(C)=O)C(OC(C)=O)C2OC(C)=O)C(OC(C)=O)C(C)C1OC(C)=O. The van der Waals surface area contributed by atoms with Crippen molar-refractivity contribution in [2.24, 2.45) is 17.8 Å². The van der Waals surface area contributed by atoms with E-state index in [-0.39, 0.29) is 0 Å². The van der Waals surface area contributed by atoms with Gasteiger partial charge >= 0.3 is 95.5 Å². The molecule has 43 heteroatoms. The highest BCUT2D eigenvalue weighted by molar-refractivity contribution is 5.72. The van der Waals surface area contributed by atoms with E-state index in [2.05, 4.69) is 0 Å². The molecule has 6 heterocycles. The van der Waals surface area contributed by atoms with Crippen LogP contribution in [0.2, 0.25) is 0 Å². The number of ether oxygens (including phenoxy) is 26. The van der Waals surface area contributed by atoms with Crippen LogP contribution < -0.4 is 0 Å². The first kappa shape index (κ1) is 93.9. The predicted molar refractivity (Wildman–Crippen MR) is 360 cm³/mol. The Balaban J connectivity index is 1.48. The Kier molecular flexibility index (Phi) is 35.1. The summed E-state index contributed by atoms with van der Waals surface area (Å²) in [6, 6.07) is 0. The topological polar surface area (TPSA) is 533 Å². The largest absolute Gasteiger partial charge is 0.463 e. The summed E-state index contributed by atoms with van der Waals surface area (Å²) in [4.78, 5) is 207. The normalized spacial score (nSPS) is 35.2. The number of rotatable bonds is 31. The van der Waals surface area contributed by atoms with E-state index in [1.54, 1.807) is 0 Å². The molecule has 0 bridgehead atoms. The van der Waals surface area contributed by atoms with Gasteiger partial charge in [0.25, 0.3) is 0 Å². The lowest BCUT2D eigenvalue weighted by Crippen LogP contribution is -2.71. The molecule has 30 unspecified atom stereocenters. The van der Waals surface area contributed by atoms with E-state index in [1.807, 2.05) is 0 Å². The van der Waals surface area contributed by atoms with E-state index in [0.717, 1.165) is 111 Å². The summed E-state index contributed by atoms with van der Waals surface area (Å²) >= 11 is 0. The minimum atomic E-state index is -2.22. The fourth-order valence-corrected chi connectivity index (χ4v) is 13.8. The van der Waals surface area contributed by atoms with Crippen molar-refractivity contribution in [2.45, 2.75) is 297 Å². The molecule has 0 aromatic rings. The fourth-order valence-electron chi connectivity index (χ4n) is 13.8. The number of aliphatic hydroxyl groups excluding tert-OH is 1. The van der Waals surface area contributed by atoms with Crippen molar-refractivity contribution in [2.75, 3.05) is 39.6 Å². The monoisotopic (exact) mass is 1640 g/mol. The van der Waals surface area contributed by atoms with E-state index >= 15 is 0 Å². The number of hydrogen-bond donors (Lipinski definition) is 1. The summed E-state index contributed by atoms with van der Waals surface area (Å²) in [5.41, 5.74) is 0. The van der Waals surface area contributed by atoms with Crippen LogP contribution in [0.25, 0.3) is 0 Å². The minimum absolute atomic E-state index is 0.599. The zero-order valence-electron chi connectivity index (χ0n) is 66.2. The summed E-state index contributed by atoms with van der Waals surface area (Å²) in [5, 5.41) is 12.6. The zero-order valence-corrected chi connectivity index (χ0v) is 66.2. The molecule has 6 saturated heterocycles. The number of carbonyl (C=O) groups is 16. The Labute approximate surface area is 653 Å². The number of hydrogen-bond acceptors (Lipinski definition) is 43. The molecule has 6 rings (SSSR count). The second kappa shape index (κ2) is 42.6. The van der Waals surface area contributed by atoms with Gasteiger partial charge in [0, 0.05) is 129 Å². The average molecular weight is 1640 g/mol. The van der Waals surface area contributed by atoms with Crippen LogP contribution in [0.15, 0.2) is 0 Å². The zero-order chi connectivity index (χ0) is 85.2. The van der Waals surface area contributed by atoms with Crippen LogP contribution >= 0.6 is 0 Å². The van der Waals surface area contributed by atoms with Gasteiger partial charge in [-0.05, 0) is 0 Å². The van der Waals surface area contributed by atoms with E-state index < -0.39 is 318 Å². The lowest BCUT2D eigenvalue weighted by Gasteiger charge is -2.53. The van der Waals surface area contributed by atoms with Gasteiger partial charge in [0.15, 0.2) is 67.9 Å². The number of aliphatic hydroxyl groups is 1. The molecule has 114 heavy (non-hydrogen) atoms. The third kappa shape index (κ3) is 26.6. The van der Waals surface area contributed by atoms with Crippen LogP contribution in [0.1, 0.15) is 132 Å². The van der Waals surface area contributed by atoms with Crippen molar-refractivity contribution in [1.29, 1.82) is 0 Å². The lowest BCUT2D eigenvalue weighted by molar-refractivity contribution is -0.378. The van der Waals surface area contributed by atoms with E-state index in [0.29, 0.717) is 0 Å². The molecule has 43 nitrogen and oxygen atoms in total. The summed E-state index contributed by atoms with van der Waals surface area (Å²) in [5.74, 6) is -19.3. The summed E-state index contributed by atoms with van der Waals surface area (Å²) in [6.45, 7) is 15.4. The van der Waals surface area contributed by atoms with Gasteiger partial charge in [-0.3, -0.25) is 76.7 Å². The van der Waals surface area contributed by atoms with E-state index in [1.165, 1.54) is 20.8 Å². The molecule has 0 radical (unpaired) electrons. The Morgan fingerprint density at radius 1 is 0.211 bits per heavy atom. The molecule has 6 fully saturated rings.